The average molecular weight is 192 g/mol. The van der Waals surface area contributed by atoms with Crippen LogP contribution in [0.2, 0.25) is 0 Å². The van der Waals surface area contributed by atoms with E-state index in [0.717, 1.165) is 0 Å². The Labute approximate surface area is 55.9 Å². The second-order valence-electron chi connectivity index (χ2n) is 1.01. The lowest BCUT2D eigenvalue weighted by molar-refractivity contribution is 1.08. The van der Waals surface area contributed by atoms with Gasteiger partial charge in [0, 0.05) is 4.83 Å². The SMILES string of the molecule is C[C@@H](Br)C(Cl)Cl. The molecule has 0 nitrogen and oxygen atoms in total. The van der Waals surface area contributed by atoms with E-state index < -0.39 is 0 Å². The van der Waals surface area contributed by atoms with Crippen molar-refractivity contribution in [3.05, 3.63) is 0 Å². The molecule has 0 aromatic heterocycles. The summed E-state index contributed by atoms with van der Waals surface area (Å²) < 4.78 is 0. The Balaban J connectivity index is 2.99. The zero-order valence-electron chi connectivity index (χ0n) is 3.29. The Hall–Kier alpha value is 1.06. The van der Waals surface area contributed by atoms with Crippen LogP contribution in [0.15, 0.2) is 0 Å². The largest absolute Gasteiger partial charge is 0.120 e. The first kappa shape index (κ1) is 7.06. The van der Waals surface area contributed by atoms with Gasteiger partial charge in [0.15, 0.2) is 0 Å². The van der Waals surface area contributed by atoms with Crippen LogP contribution in [0.1, 0.15) is 6.92 Å². The Morgan fingerprint density at radius 1 is 1.50 bits per heavy atom. The Kier molecular flexibility index (Phi) is 3.66. The molecule has 0 radical (unpaired) electrons. The van der Waals surface area contributed by atoms with Crippen LogP contribution in [0.3, 0.4) is 0 Å². The Bertz CT molecular complexity index is 29.8. The summed E-state index contributed by atoms with van der Waals surface area (Å²) in [4.78, 5) is -0.0918. The summed E-state index contributed by atoms with van der Waals surface area (Å²) in [5.74, 6) is 0. The molecular formula is C3H5BrCl2. The van der Waals surface area contributed by atoms with Gasteiger partial charge in [-0.05, 0) is 0 Å². The van der Waals surface area contributed by atoms with E-state index in [1.54, 1.807) is 0 Å². The molecule has 0 spiro atoms. The maximum Gasteiger partial charge on any atom is 0.120 e. The lowest BCUT2D eigenvalue weighted by atomic mass is 10.6. The Morgan fingerprint density at radius 3 is 1.67 bits per heavy atom. The molecule has 38 valence electrons. The predicted molar refractivity (Wildman–Crippen MR) is 33.9 cm³/mol. The minimum atomic E-state index is -0.287. The summed E-state index contributed by atoms with van der Waals surface area (Å²) >= 11 is 13.8. The van der Waals surface area contributed by atoms with E-state index in [-0.39, 0.29) is 9.66 Å². The molecule has 0 aliphatic heterocycles. The van der Waals surface area contributed by atoms with Gasteiger partial charge in [0.05, 0.1) is 0 Å². The molecule has 0 amide bonds. The van der Waals surface area contributed by atoms with Gasteiger partial charge in [0.25, 0.3) is 0 Å². The molecule has 0 fully saturated rings. The highest BCUT2D eigenvalue weighted by Crippen LogP contribution is 2.13. The first-order valence-electron chi connectivity index (χ1n) is 1.57. The van der Waals surface area contributed by atoms with E-state index in [0.29, 0.717) is 0 Å². The molecule has 3 heteroatoms. The molecular weight excluding hydrogens is 187 g/mol. The molecule has 0 heterocycles. The molecule has 0 bridgehead atoms. The number of rotatable bonds is 1. The molecule has 0 aromatic rings. The predicted octanol–water partition coefficient (Wildman–Crippen LogP) is 2.57. The first-order chi connectivity index (χ1) is 2.64. The first-order valence-corrected chi connectivity index (χ1v) is 3.35. The van der Waals surface area contributed by atoms with Gasteiger partial charge in [-0.3, -0.25) is 0 Å². The van der Waals surface area contributed by atoms with Gasteiger partial charge >= 0.3 is 0 Å². The lowest BCUT2D eigenvalue weighted by Gasteiger charge is -1.98. The van der Waals surface area contributed by atoms with E-state index in [9.17, 15) is 0 Å². The van der Waals surface area contributed by atoms with Crippen LogP contribution in [0.5, 0.6) is 0 Å². The molecule has 0 saturated carbocycles. The second kappa shape index (κ2) is 3.11. The number of alkyl halides is 3. The molecule has 1 atom stereocenters. The summed E-state index contributed by atoms with van der Waals surface area (Å²) in [6.45, 7) is 1.89. The Morgan fingerprint density at radius 2 is 1.67 bits per heavy atom. The van der Waals surface area contributed by atoms with E-state index in [4.69, 9.17) is 23.2 Å². The van der Waals surface area contributed by atoms with Gasteiger partial charge in [0.2, 0.25) is 0 Å². The summed E-state index contributed by atoms with van der Waals surface area (Å²) in [6.07, 6.45) is 0. The standard InChI is InChI=1S/C3H5BrCl2/c1-2(4)3(5)6/h2-3H,1H3/t2-/m1/s1. The van der Waals surface area contributed by atoms with Crippen LogP contribution >= 0.6 is 39.1 Å². The van der Waals surface area contributed by atoms with Crippen LogP contribution in [-0.2, 0) is 0 Å². The fraction of sp³-hybridized carbons (Fsp3) is 1.00. The molecule has 0 unspecified atom stereocenters. The maximum absolute atomic E-state index is 5.33. The van der Waals surface area contributed by atoms with Gasteiger partial charge in [-0.2, -0.15) is 0 Å². The lowest BCUT2D eigenvalue weighted by Crippen LogP contribution is -1.99. The average Bonchev–Trinajstić information content (AvgIpc) is 1.36. The van der Waals surface area contributed by atoms with Crippen molar-refractivity contribution >= 4 is 39.1 Å². The molecule has 6 heavy (non-hydrogen) atoms. The van der Waals surface area contributed by atoms with E-state index in [1.165, 1.54) is 0 Å². The van der Waals surface area contributed by atoms with Gasteiger partial charge in [-0.1, -0.05) is 22.9 Å². The van der Waals surface area contributed by atoms with Crippen molar-refractivity contribution in [2.24, 2.45) is 0 Å². The zero-order chi connectivity index (χ0) is 5.15. The van der Waals surface area contributed by atoms with Crippen LogP contribution in [0, 0.1) is 0 Å². The van der Waals surface area contributed by atoms with Gasteiger partial charge in [0.1, 0.15) is 4.84 Å². The smallest absolute Gasteiger partial charge is 0.104 e. The molecule has 0 aliphatic rings. The molecule has 0 N–H and O–H groups in total. The quantitative estimate of drug-likeness (QED) is 0.560. The monoisotopic (exact) mass is 190 g/mol. The topological polar surface area (TPSA) is 0 Å². The minimum absolute atomic E-state index is 0.195. The van der Waals surface area contributed by atoms with E-state index in [1.807, 2.05) is 6.92 Å². The van der Waals surface area contributed by atoms with Crippen molar-refractivity contribution in [2.75, 3.05) is 0 Å². The number of hydrogen-bond donors (Lipinski definition) is 0. The van der Waals surface area contributed by atoms with Crippen LogP contribution in [0.4, 0.5) is 0 Å². The maximum atomic E-state index is 5.33. The molecule has 0 aliphatic carbocycles. The molecule has 0 aromatic carbocycles. The van der Waals surface area contributed by atoms with Crippen LogP contribution in [-0.4, -0.2) is 9.66 Å². The van der Waals surface area contributed by atoms with Crippen molar-refractivity contribution < 1.29 is 0 Å². The third-order valence-electron chi connectivity index (χ3n) is 0.347. The highest BCUT2D eigenvalue weighted by Gasteiger charge is 2.03. The zero-order valence-corrected chi connectivity index (χ0v) is 6.39. The van der Waals surface area contributed by atoms with Gasteiger partial charge in [-0.15, -0.1) is 23.2 Å². The minimum Gasteiger partial charge on any atom is -0.104 e. The number of halogens is 3. The van der Waals surface area contributed by atoms with Crippen molar-refractivity contribution in [1.29, 1.82) is 0 Å². The van der Waals surface area contributed by atoms with Crippen molar-refractivity contribution in [1.82, 2.24) is 0 Å². The summed E-state index contributed by atoms with van der Waals surface area (Å²) in [7, 11) is 0. The fourth-order valence-corrected chi connectivity index (χ4v) is 0. The molecule has 0 saturated heterocycles. The van der Waals surface area contributed by atoms with Crippen molar-refractivity contribution in [3.63, 3.8) is 0 Å². The normalized spacial score (nSPS) is 15.5. The number of hydrogen-bond acceptors (Lipinski definition) is 0. The fourth-order valence-electron chi connectivity index (χ4n) is 0. The van der Waals surface area contributed by atoms with Crippen molar-refractivity contribution in [3.8, 4) is 0 Å². The summed E-state index contributed by atoms with van der Waals surface area (Å²) in [5.41, 5.74) is 0. The highest BCUT2D eigenvalue weighted by atomic mass is 79.9. The van der Waals surface area contributed by atoms with E-state index in [2.05, 4.69) is 15.9 Å². The summed E-state index contributed by atoms with van der Waals surface area (Å²) in [6, 6.07) is 0. The van der Waals surface area contributed by atoms with Gasteiger partial charge < -0.3 is 0 Å². The summed E-state index contributed by atoms with van der Waals surface area (Å²) in [5, 5.41) is 0. The third kappa shape index (κ3) is 3.26. The van der Waals surface area contributed by atoms with Gasteiger partial charge in [-0.25, -0.2) is 0 Å². The van der Waals surface area contributed by atoms with Crippen LogP contribution < -0.4 is 0 Å². The second-order valence-corrected chi connectivity index (χ2v) is 3.62. The third-order valence-corrected chi connectivity index (χ3v) is 2.24. The van der Waals surface area contributed by atoms with Crippen molar-refractivity contribution in [2.45, 2.75) is 16.6 Å². The highest BCUT2D eigenvalue weighted by molar-refractivity contribution is 9.09. The van der Waals surface area contributed by atoms with Crippen LogP contribution in [0.25, 0.3) is 0 Å². The van der Waals surface area contributed by atoms with E-state index >= 15 is 0 Å². The molecule has 0 rings (SSSR count).